The molecule has 0 atom stereocenters. The molecule has 5 aromatic rings. The summed E-state index contributed by atoms with van der Waals surface area (Å²) in [6.45, 7) is 1.96. The number of hydrogen-bond donors (Lipinski definition) is 2. The number of pyridine rings is 1. The summed E-state index contributed by atoms with van der Waals surface area (Å²) >= 11 is 0. The van der Waals surface area contributed by atoms with Crippen LogP contribution in [0.1, 0.15) is 37.5 Å². The zero-order valence-electron chi connectivity index (χ0n) is 20.8. The molecule has 0 bridgehead atoms. The minimum atomic E-state index is -0.514. The number of para-hydroxylation sites is 1. The van der Waals surface area contributed by atoms with Crippen LogP contribution in [0.2, 0.25) is 0 Å². The molecule has 6 rings (SSSR count). The summed E-state index contributed by atoms with van der Waals surface area (Å²) in [6, 6.07) is 18.4. The molecule has 3 N–H and O–H groups in total. The summed E-state index contributed by atoms with van der Waals surface area (Å²) in [4.78, 5) is 46.8. The maximum absolute atomic E-state index is 13.4. The number of primary amides is 1. The third kappa shape index (κ3) is 3.49. The van der Waals surface area contributed by atoms with Crippen LogP contribution in [-0.4, -0.2) is 33.4 Å². The van der Waals surface area contributed by atoms with E-state index in [2.05, 4.69) is 15.3 Å². The Labute approximate surface area is 217 Å². The van der Waals surface area contributed by atoms with Crippen molar-refractivity contribution in [3.63, 3.8) is 0 Å². The van der Waals surface area contributed by atoms with E-state index in [9.17, 15) is 14.4 Å². The fraction of sp³-hybridized carbons (Fsp3) is 0.100. The van der Waals surface area contributed by atoms with Crippen molar-refractivity contribution in [2.45, 2.75) is 13.3 Å². The van der Waals surface area contributed by atoms with Gasteiger partial charge in [-0.1, -0.05) is 30.3 Å². The van der Waals surface area contributed by atoms with Crippen molar-refractivity contribution in [2.24, 2.45) is 5.73 Å². The summed E-state index contributed by atoms with van der Waals surface area (Å²) in [7, 11) is 1.56. The van der Waals surface area contributed by atoms with Gasteiger partial charge in [0, 0.05) is 25.2 Å². The first kappa shape index (κ1) is 23.3. The number of rotatable bonds is 4. The number of hydrogen-bond acceptors (Lipinski definition) is 5. The van der Waals surface area contributed by atoms with Crippen LogP contribution in [0.4, 0.5) is 0 Å². The van der Waals surface area contributed by atoms with E-state index < -0.39 is 5.91 Å². The van der Waals surface area contributed by atoms with Gasteiger partial charge in [-0.05, 0) is 76.2 Å². The van der Waals surface area contributed by atoms with Crippen LogP contribution in [-0.2, 0) is 6.42 Å². The Morgan fingerprint density at radius 3 is 2.58 bits per heavy atom. The van der Waals surface area contributed by atoms with E-state index in [0.717, 1.165) is 38.9 Å². The lowest BCUT2D eigenvalue weighted by molar-refractivity contribution is 0.0956. The van der Waals surface area contributed by atoms with Crippen LogP contribution in [0.15, 0.2) is 78.0 Å². The fourth-order valence-electron chi connectivity index (χ4n) is 5.31. The van der Waals surface area contributed by atoms with Crippen molar-refractivity contribution in [3.8, 4) is 27.9 Å². The SMILES string of the molecule is CNC(=O)c1cc2c(cn1)Cc1c(C(N)=O)ccc(-c3cccc(-n4cnc5ccccc5c4=O)c3C)c1-2. The molecule has 0 saturated carbocycles. The summed E-state index contributed by atoms with van der Waals surface area (Å²) < 4.78 is 1.56. The molecule has 0 saturated heterocycles. The molecule has 2 amide bonds. The highest BCUT2D eigenvalue weighted by molar-refractivity contribution is 6.03. The molecule has 2 heterocycles. The molecule has 38 heavy (non-hydrogen) atoms. The molecule has 1 aliphatic carbocycles. The first-order chi connectivity index (χ1) is 18.4. The highest BCUT2D eigenvalue weighted by Crippen LogP contribution is 2.45. The molecule has 8 heteroatoms. The monoisotopic (exact) mass is 501 g/mol. The maximum Gasteiger partial charge on any atom is 0.269 e. The maximum atomic E-state index is 13.4. The molecule has 0 spiro atoms. The Bertz CT molecular complexity index is 1870. The number of nitrogens with two attached hydrogens (primary N) is 1. The number of nitrogens with one attached hydrogen (secondary N) is 1. The van der Waals surface area contributed by atoms with E-state index in [1.54, 1.807) is 42.3 Å². The number of carbonyl (C=O) groups excluding carboxylic acids is 2. The predicted octanol–water partition coefficient (Wildman–Crippen LogP) is 3.79. The van der Waals surface area contributed by atoms with Gasteiger partial charge in [0.05, 0.1) is 16.6 Å². The molecular formula is C30H23N5O3. The Morgan fingerprint density at radius 2 is 1.79 bits per heavy atom. The lowest BCUT2D eigenvalue weighted by Crippen LogP contribution is -2.19. The summed E-state index contributed by atoms with van der Waals surface area (Å²) in [5, 5.41) is 3.15. The average Bonchev–Trinajstić information content (AvgIpc) is 3.32. The third-order valence-corrected chi connectivity index (χ3v) is 7.18. The molecule has 186 valence electrons. The Kier molecular flexibility index (Phi) is 5.38. The van der Waals surface area contributed by atoms with Gasteiger partial charge in [0.1, 0.15) is 12.0 Å². The van der Waals surface area contributed by atoms with Gasteiger partial charge in [0.2, 0.25) is 5.91 Å². The van der Waals surface area contributed by atoms with Gasteiger partial charge in [0.25, 0.3) is 11.5 Å². The highest BCUT2D eigenvalue weighted by Gasteiger charge is 2.28. The van der Waals surface area contributed by atoms with Gasteiger partial charge in [-0.15, -0.1) is 0 Å². The van der Waals surface area contributed by atoms with E-state index in [0.29, 0.717) is 28.6 Å². The minimum absolute atomic E-state index is 0.156. The number of nitrogens with zero attached hydrogens (tertiary/aromatic N) is 3. The van der Waals surface area contributed by atoms with Gasteiger partial charge in [0.15, 0.2) is 0 Å². The normalized spacial score (nSPS) is 11.7. The van der Waals surface area contributed by atoms with Crippen LogP contribution in [0, 0.1) is 6.92 Å². The van der Waals surface area contributed by atoms with E-state index in [1.807, 2.05) is 49.4 Å². The van der Waals surface area contributed by atoms with Crippen LogP contribution >= 0.6 is 0 Å². The molecular weight excluding hydrogens is 478 g/mol. The van der Waals surface area contributed by atoms with Gasteiger partial charge in [-0.3, -0.25) is 23.9 Å². The topological polar surface area (TPSA) is 120 Å². The molecule has 2 aromatic heterocycles. The van der Waals surface area contributed by atoms with Crippen molar-refractivity contribution in [3.05, 3.63) is 111 Å². The number of benzene rings is 3. The van der Waals surface area contributed by atoms with Crippen molar-refractivity contribution >= 4 is 22.7 Å². The Balaban J connectivity index is 1.59. The standard InChI is InChI=1S/C30H23N5O3/c1-16-18(7-5-9-26(16)35-15-34-24-8-4-3-6-21(24)30(35)38)19-10-11-20(28(31)36)23-12-17-14-33-25(29(37)32-2)13-22(17)27(19)23/h3-11,13-15H,12H2,1-2H3,(H2,31,36)(H,32,37). The summed E-state index contributed by atoms with van der Waals surface area (Å²) in [5.41, 5.74) is 13.7. The Hall–Kier alpha value is -5.11. The quantitative estimate of drug-likeness (QED) is 0.381. The third-order valence-electron chi connectivity index (χ3n) is 7.18. The van der Waals surface area contributed by atoms with Gasteiger partial charge in [-0.25, -0.2) is 4.98 Å². The van der Waals surface area contributed by atoms with Crippen molar-refractivity contribution in [1.29, 1.82) is 0 Å². The van der Waals surface area contributed by atoms with E-state index >= 15 is 0 Å². The average molecular weight is 502 g/mol. The van der Waals surface area contributed by atoms with E-state index in [4.69, 9.17) is 5.73 Å². The lowest BCUT2D eigenvalue weighted by Gasteiger charge is -2.18. The second kappa shape index (κ2) is 8.77. The molecule has 0 unspecified atom stereocenters. The van der Waals surface area contributed by atoms with Crippen molar-refractivity contribution < 1.29 is 9.59 Å². The van der Waals surface area contributed by atoms with Crippen LogP contribution in [0.25, 0.3) is 38.8 Å². The molecule has 0 radical (unpaired) electrons. The first-order valence-electron chi connectivity index (χ1n) is 12.1. The van der Waals surface area contributed by atoms with E-state index in [-0.39, 0.29) is 17.2 Å². The van der Waals surface area contributed by atoms with Crippen LogP contribution in [0.5, 0.6) is 0 Å². The molecule has 3 aromatic carbocycles. The minimum Gasteiger partial charge on any atom is -0.366 e. The number of carbonyl (C=O) groups is 2. The molecule has 8 nitrogen and oxygen atoms in total. The van der Waals surface area contributed by atoms with Crippen molar-refractivity contribution in [1.82, 2.24) is 19.9 Å². The second-order valence-corrected chi connectivity index (χ2v) is 9.25. The second-order valence-electron chi connectivity index (χ2n) is 9.25. The lowest BCUT2D eigenvalue weighted by atomic mass is 9.89. The largest absolute Gasteiger partial charge is 0.366 e. The number of fused-ring (bicyclic) bond motifs is 4. The fourth-order valence-corrected chi connectivity index (χ4v) is 5.31. The molecule has 0 aliphatic heterocycles. The highest BCUT2D eigenvalue weighted by atomic mass is 16.2. The van der Waals surface area contributed by atoms with E-state index in [1.165, 1.54) is 0 Å². The van der Waals surface area contributed by atoms with Crippen LogP contribution in [0.3, 0.4) is 0 Å². The van der Waals surface area contributed by atoms with Gasteiger partial charge < -0.3 is 11.1 Å². The Morgan fingerprint density at radius 1 is 0.974 bits per heavy atom. The molecule has 0 fully saturated rings. The molecule has 1 aliphatic rings. The predicted molar refractivity (Wildman–Crippen MR) is 145 cm³/mol. The van der Waals surface area contributed by atoms with Gasteiger partial charge in [-0.2, -0.15) is 0 Å². The smallest absolute Gasteiger partial charge is 0.269 e. The first-order valence-corrected chi connectivity index (χ1v) is 12.1. The zero-order valence-corrected chi connectivity index (χ0v) is 20.8. The number of amides is 2. The van der Waals surface area contributed by atoms with Crippen LogP contribution < -0.4 is 16.6 Å². The number of aromatic nitrogens is 3. The summed E-state index contributed by atoms with van der Waals surface area (Å²) in [5.74, 6) is -0.811. The zero-order chi connectivity index (χ0) is 26.6. The van der Waals surface area contributed by atoms with Gasteiger partial charge >= 0.3 is 0 Å². The van der Waals surface area contributed by atoms with Crippen molar-refractivity contribution in [2.75, 3.05) is 7.05 Å². The summed E-state index contributed by atoms with van der Waals surface area (Å²) in [6.07, 6.45) is 3.71.